The molecular weight excluding hydrogens is 472 g/mol. The maximum atomic E-state index is 4.79. The first-order valence-electron chi connectivity index (χ1n) is 14.5. The Kier molecular flexibility index (Phi) is 9.28. The van der Waals surface area contributed by atoms with Crippen LogP contribution in [0.1, 0.15) is 75.6 Å². The molecule has 2 nitrogen and oxygen atoms in total. The van der Waals surface area contributed by atoms with Crippen LogP contribution in [0.25, 0.3) is 16.7 Å². The van der Waals surface area contributed by atoms with Crippen molar-refractivity contribution in [1.82, 2.24) is 5.32 Å². The standard InChI is InChI=1S/C37H46N2/c1-26-11-17-32(18-12-26)33-19-13-30(14-20-33)24-31-15-21-35(22-16-31)39-29(4)38-25-36(37(5,6)7)28(3)34-10-8-9-27(2)23-34/h8-14,17-20,23,25,31,35,39H,4,15-16,21-22,24H2,1-3,5-7H3/b36-28-,38-25-/t31-,35-. The zero-order valence-electron chi connectivity index (χ0n) is 24.9. The number of allylic oxidation sites excluding steroid dienone is 2. The second-order valence-electron chi connectivity index (χ2n) is 12.5. The Morgan fingerprint density at radius 3 is 2.08 bits per heavy atom. The lowest BCUT2D eigenvalue weighted by atomic mass is 9.82. The summed E-state index contributed by atoms with van der Waals surface area (Å²) in [4.78, 5) is 4.79. The van der Waals surface area contributed by atoms with Crippen molar-refractivity contribution in [2.45, 2.75) is 79.7 Å². The molecule has 1 fully saturated rings. The van der Waals surface area contributed by atoms with E-state index in [9.17, 15) is 0 Å². The van der Waals surface area contributed by atoms with Crippen molar-refractivity contribution >= 4 is 11.8 Å². The Morgan fingerprint density at radius 1 is 0.872 bits per heavy atom. The van der Waals surface area contributed by atoms with Gasteiger partial charge in [0.1, 0.15) is 5.82 Å². The van der Waals surface area contributed by atoms with Gasteiger partial charge in [0.15, 0.2) is 0 Å². The third-order valence-electron chi connectivity index (χ3n) is 8.09. The van der Waals surface area contributed by atoms with Crippen molar-refractivity contribution in [3.8, 4) is 11.1 Å². The number of hydrogen-bond acceptors (Lipinski definition) is 2. The Hall–Kier alpha value is -3.39. The number of aryl methyl sites for hydroxylation is 2. The monoisotopic (exact) mass is 518 g/mol. The first kappa shape index (κ1) is 28.6. The van der Waals surface area contributed by atoms with Gasteiger partial charge in [-0.1, -0.05) is 111 Å². The smallest absolute Gasteiger partial charge is 0.118 e. The number of nitrogens with one attached hydrogen (secondary N) is 1. The summed E-state index contributed by atoms with van der Waals surface area (Å²) in [6, 6.07) is 27.1. The number of hydrogen-bond donors (Lipinski definition) is 1. The van der Waals surface area contributed by atoms with Gasteiger partial charge < -0.3 is 5.32 Å². The van der Waals surface area contributed by atoms with Crippen molar-refractivity contribution in [2.24, 2.45) is 16.3 Å². The third-order valence-corrected chi connectivity index (χ3v) is 8.09. The van der Waals surface area contributed by atoms with Gasteiger partial charge in [-0.3, -0.25) is 0 Å². The van der Waals surface area contributed by atoms with Gasteiger partial charge in [0.2, 0.25) is 0 Å². The van der Waals surface area contributed by atoms with Crippen molar-refractivity contribution in [3.05, 3.63) is 113 Å². The Labute approximate surface area is 237 Å². The molecule has 0 aromatic heterocycles. The zero-order chi connectivity index (χ0) is 28.0. The van der Waals surface area contributed by atoms with Crippen molar-refractivity contribution in [2.75, 3.05) is 0 Å². The highest BCUT2D eigenvalue weighted by Crippen LogP contribution is 2.32. The van der Waals surface area contributed by atoms with E-state index in [0.717, 1.165) is 18.2 Å². The quantitative estimate of drug-likeness (QED) is 0.295. The van der Waals surface area contributed by atoms with Crippen LogP contribution in [0.4, 0.5) is 0 Å². The summed E-state index contributed by atoms with van der Waals surface area (Å²) in [7, 11) is 0. The molecule has 0 aliphatic heterocycles. The topological polar surface area (TPSA) is 24.4 Å². The summed E-state index contributed by atoms with van der Waals surface area (Å²) in [5.41, 5.74) is 10.4. The molecule has 1 N–H and O–H groups in total. The van der Waals surface area contributed by atoms with Crippen molar-refractivity contribution in [3.63, 3.8) is 0 Å². The second kappa shape index (κ2) is 12.6. The van der Waals surface area contributed by atoms with Crippen LogP contribution in [0.5, 0.6) is 0 Å². The summed E-state index contributed by atoms with van der Waals surface area (Å²) in [5, 5.41) is 3.61. The third kappa shape index (κ3) is 8.05. The summed E-state index contributed by atoms with van der Waals surface area (Å²) in [6.45, 7) is 17.5. The van der Waals surface area contributed by atoms with Crippen LogP contribution >= 0.6 is 0 Å². The number of nitrogens with zero attached hydrogens (tertiary/aromatic N) is 1. The fourth-order valence-electron chi connectivity index (χ4n) is 5.73. The predicted molar refractivity (Wildman–Crippen MR) is 170 cm³/mol. The average Bonchev–Trinajstić information content (AvgIpc) is 2.90. The molecule has 39 heavy (non-hydrogen) atoms. The molecule has 1 saturated carbocycles. The normalized spacial score (nSPS) is 18.6. The lowest BCUT2D eigenvalue weighted by Gasteiger charge is -2.30. The maximum absolute atomic E-state index is 4.79. The minimum absolute atomic E-state index is 0.00594. The number of benzene rings is 3. The van der Waals surface area contributed by atoms with Crippen LogP contribution in [-0.4, -0.2) is 12.3 Å². The fraction of sp³-hybridized carbons (Fsp3) is 0.378. The van der Waals surface area contributed by atoms with E-state index in [1.807, 2.05) is 6.21 Å². The van der Waals surface area contributed by atoms with Crippen LogP contribution in [0.3, 0.4) is 0 Å². The molecule has 0 atom stereocenters. The highest BCUT2D eigenvalue weighted by atomic mass is 15.0. The second-order valence-corrected chi connectivity index (χ2v) is 12.5. The summed E-state index contributed by atoms with van der Waals surface area (Å²) in [5.74, 6) is 1.52. The molecule has 0 spiro atoms. The molecule has 0 unspecified atom stereocenters. The van der Waals surface area contributed by atoms with Crippen LogP contribution < -0.4 is 5.32 Å². The van der Waals surface area contributed by atoms with Gasteiger partial charge >= 0.3 is 0 Å². The van der Waals surface area contributed by atoms with E-state index in [1.165, 1.54) is 70.2 Å². The summed E-state index contributed by atoms with van der Waals surface area (Å²) >= 11 is 0. The van der Waals surface area contributed by atoms with E-state index in [0.29, 0.717) is 6.04 Å². The van der Waals surface area contributed by atoms with Crippen LogP contribution in [0.2, 0.25) is 0 Å². The van der Waals surface area contributed by atoms with Gasteiger partial charge in [0, 0.05) is 12.3 Å². The van der Waals surface area contributed by atoms with Gasteiger partial charge in [-0.05, 0) is 97.6 Å². The molecule has 0 bridgehead atoms. The molecule has 204 valence electrons. The Bertz CT molecular complexity index is 1310. The molecule has 0 amide bonds. The highest BCUT2D eigenvalue weighted by molar-refractivity contribution is 5.92. The fourth-order valence-corrected chi connectivity index (χ4v) is 5.73. The lowest BCUT2D eigenvalue weighted by Crippen LogP contribution is -2.32. The van der Waals surface area contributed by atoms with Gasteiger partial charge in [0.25, 0.3) is 0 Å². The van der Waals surface area contributed by atoms with E-state index < -0.39 is 0 Å². The van der Waals surface area contributed by atoms with E-state index >= 15 is 0 Å². The van der Waals surface area contributed by atoms with E-state index in [4.69, 9.17) is 4.99 Å². The van der Waals surface area contributed by atoms with Crippen LogP contribution in [-0.2, 0) is 6.42 Å². The van der Waals surface area contributed by atoms with Gasteiger partial charge in [-0.2, -0.15) is 0 Å². The first-order chi connectivity index (χ1) is 18.6. The molecule has 3 aromatic rings. The van der Waals surface area contributed by atoms with E-state index in [-0.39, 0.29) is 5.41 Å². The zero-order valence-corrected chi connectivity index (χ0v) is 24.9. The van der Waals surface area contributed by atoms with Gasteiger partial charge in [-0.15, -0.1) is 0 Å². The summed E-state index contributed by atoms with van der Waals surface area (Å²) < 4.78 is 0. The van der Waals surface area contributed by atoms with Crippen molar-refractivity contribution < 1.29 is 0 Å². The summed E-state index contributed by atoms with van der Waals surface area (Å²) in [6.07, 6.45) is 8.02. The molecule has 3 aromatic carbocycles. The van der Waals surface area contributed by atoms with Crippen LogP contribution in [0.15, 0.2) is 95.8 Å². The van der Waals surface area contributed by atoms with Crippen molar-refractivity contribution in [1.29, 1.82) is 0 Å². The lowest BCUT2D eigenvalue weighted by molar-refractivity contribution is 0.301. The van der Waals surface area contributed by atoms with E-state index in [1.54, 1.807) is 0 Å². The van der Waals surface area contributed by atoms with E-state index in [2.05, 4.69) is 126 Å². The SMILES string of the molecule is C=C(/N=C\C(=C(/C)c1cccc(C)c1)C(C)(C)C)N[C@H]1CC[C@H](Cc2ccc(-c3ccc(C)cc3)cc2)CC1. The largest absolute Gasteiger partial charge is 0.368 e. The minimum atomic E-state index is -0.00594. The molecule has 0 radical (unpaired) electrons. The average molecular weight is 519 g/mol. The molecule has 4 rings (SSSR count). The number of aliphatic imine (C=N–C) groups is 1. The molecule has 2 heteroatoms. The molecule has 1 aliphatic rings. The minimum Gasteiger partial charge on any atom is -0.368 e. The Balaban J connectivity index is 1.30. The maximum Gasteiger partial charge on any atom is 0.118 e. The van der Waals surface area contributed by atoms with Crippen LogP contribution in [0, 0.1) is 25.2 Å². The first-order valence-corrected chi connectivity index (χ1v) is 14.5. The highest BCUT2D eigenvalue weighted by Gasteiger charge is 2.22. The molecule has 1 aliphatic carbocycles. The van der Waals surface area contributed by atoms with Gasteiger partial charge in [-0.25, -0.2) is 4.99 Å². The number of rotatable bonds is 8. The molecule has 0 heterocycles. The molecular formula is C37H46N2. The Morgan fingerprint density at radius 2 is 1.49 bits per heavy atom. The predicted octanol–water partition coefficient (Wildman–Crippen LogP) is 9.72. The molecule has 0 saturated heterocycles. The van der Waals surface area contributed by atoms with Gasteiger partial charge in [0.05, 0.1) is 0 Å².